The third-order valence-electron chi connectivity index (χ3n) is 3.36. The van der Waals surface area contributed by atoms with Crippen molar-refractivity contribution in [1.29, 1.82) is 0 Å². The van der Waals surface area contributed by atoms with Crippen LogP contribution in [0.3, 0.4) is 0 Å². The first kappa shape index (κ1) is 19.7. The second-order valence-electron chi connectivity index (χ2n) is 5.27. The SMILES string of the molecule is CCCCCCCC(NC(=O)OCCCCC)C(=O)OC. The number of carbonyl (C=O) groups is 2. The third kappa shape index (κ3) is 11.1. The average molecular weight is 301 g/mol. The molecule has 1 atom stereocenters. The van der Waals surface area contributed by atoms with Gasteiger partial charge in [0, 0.05) is 0 Å². The zero-order chi connectivity index (χ0) is 15.9. The molecule has 1 N–H and O–H groups in total. The summed E-state index contributed by atoms with van der Waals surface area (Å²) in [6.07, 6.45) is 8.53. The van der Waals surface area contributed by atoms with Crippen molar-refractivity contribution in [2.75, 3.05) is 13.7 Å². The van der Waals surface area contributed by atoms with Crippen molar-refractivity contribution in [1.82, 2.24) is 5.32 Å². The van der Waals surface area contributed by atoms with Gasteiger partial charge in [-0.25, -0.2) is 9.59 Å². The lowest BCUT2D eigenvalue weighted by atomic mass is 10.1. The highest BCUT2D eigenvalue weighted by atomic mass is 16.6. The zero-order valence-electron chi connectivity index (χ0n) is 13.8. The summed E-state index contributed by atoms with van der Waals surface area (Å²) < 4.78 is 9.78. The van der Waals surface area contributed by atoms with E-state index in [0.29, 0.717) is 13.0 Å². The maximum atomic E-state index is 11.7. The molecule has 5 heteroatoms. The van der Waals surface area contributed by atoms with Gasteiger partial charge in [0.15, 0.2) is 0 Å². The first-order valence-corrected chi connectivity index (χ1v) is 8.16. The molecule has 0 aromatic carbocycles. The summed E-state index contributed by atoms with van der Waals surface area (Å²) in [5, 5.41) is 2.60. The average Bonchev–Trinajstić information content (AvgIpc) is 2.49. The van der Waals surface area contributed by atoms with E-state index in [0.717, 1.165) is 38.5 Å². The highest BCUT2D eigenvalue weighted by Crippen LogP contribution is 2.08. The second kappa shape index (κ2) is 13.7. The van der Waals surface area contributed by atoms with Crippen LogP contribution in [-0.4, -0.2) is 31.8 Å². The number of methoxy groups -OCH3 is 1. The maximum absolute atomic E-state index is 11.7. The Morgan fingerprint density at radius 3 is 2.19 bits per heavy atom. The van der Waals surface area contributed by atoms with Crippen LogP contribution < -0.4 is 5.32 Å². The lowest BCUT2D eigenvalue weighted by Gasteiger charge is -2.16. The standard InChI is InChI=1S/C16H31NO4/c1-4-6-8-9-10-12-14(15(18)20-3)17-16(19)21-13-11-7-5-2/h14H,4-13H2,1-3H3,(H,17,19). The van der Waals surface area contributed by atoms with Crippen molar-refractivity contribution in [3.8, 4) is 0 Å². The van der Waals surface area contributed by atoms with Crippen LogP contribution in [-0.2, 0) is 14.3 Å². The molecule has 5 nitrogen and oxygen atoms in total. The molecule has 0 spiro atoms. The molecule has 0 aromatic rings. The quantitative estimate of drug-likeness (QED) is 0.440. The van der Waals surface area contributed by atoms with E-state index in [1.807, 2.05) is 0 Å². The van der Waals surface area contributed by atoms with E-state index < -0.39 is 18.1 Å². The van der Waals surface area contributed by atoms with Crippen molar-refractivity contribution >= 4 is 12.1 Å². The Morgan fingerprint density at radius 1 is 0.952 bits per heavy atom. The summed E-state index contributed by atoms with van der Waals surface area (Å²) in [5.74, 6) is -0.406. The van der Waals surface area contributed by atoms with Gasteiger partial charge in [-0.1, -0.05) is 58.8 Å². The lowest BCUT2D eigenvalue weighted by Crippen LogP contribution is -2.41. The minimum Gasteiger partial charge on any atom is -0.467 e. The molecule has 21 heavy (non-hydrogen) atoms. The van der Waals surface area contributed by atoms with Crippen LogP contribution in [0.5, 0.6) is 0 Å². The second-order valence-corrected chi connectivity index (χ2v) is 5.27. The van der Waals surface area contributed by atoms with Crippen LogP contribution in [0.25, 0.3) is 0 Å². The Bertz CT molecular complexity index is 281. The fourth-order valence-corrected chi connectivity index (χ4v) is 2.04. The highest BCUT2D eigenvalue weighted by molar-refractivity contribution is 5.81. The van der Waals surface area contributed by atoms with Gasteiger partial charge in [0.2, 0.25) is 0 Å². The summed E-state index contributed by atoms with van der Waals surface area (Å²) in [6, 6.07) is -0.602. The Hall–Kier alpha value is -1.26. The number of nitrogens with one attached hydrogen (secondary N) is 1. The van der Waals surface area contributed by atoms with Crippen LogP contribution >= 0.6 is 0 Å². The molecule has 1 unspecified atom stereocenters. The smallest absolute Gasteiger partial charge is 0.407 e. The van der Waals surface area contributed by atoms with Crippen molar-refractivity contribution in [3.05, 3.63) is 0 Å². The van der Waals surface area contributed by atoms with E-state index in [-0.39, 0.29) is 0 Å². The van der Waals surface area contributed by atoms with E-state index in [2.05, 4.69) is 19.2 Å². The molecule has 0 aliphatic carbocycles. The molecule has 0 aromatic heterocycles. The van der Waals surface area contributed by atoms with Gasteiger partial charge in [0.05, 0.1) is 13.7 Å². The van der Waals surface area contributed by atoms with Crippen molar-refractivity contribution in [3.63, 3.8) is 0 Å². The minimum atomic E-state index is -0.602. The van der Waals surface area contributed by atoms with E-state index >= 15 is 0 Å². The number of alkyl carbamates (subject to hydrolysis) is 1. The molecule has 0 aliphatic rings. The number of ether oxygens (including phenoxy) is 2. The Labute approximate surface area is 128 Å². The summed E-state index contributed by atoms with van der Waals surface area (Å²) in [5.41, 5.74) is 0. The minimum absolute atomic E-state index is 0.393. The fraction of sp³-hybridized carbons (Fsp3) is 0.875. The zero-order valence-corrected chi connectivity index (χ0v) is 13.8. The number of rotatable bonds is 12. The molecule has 0 rings (SSSR count). The maximum Gasteiger partial charge on any atom is 0.407 e. The number of hydrogen-bond donors (Lipinski definition) is 1. The van der Waals surface area contributed by atoms with Gasteiger partial charge >= 0.3 is 12.1 Å². The molecule has 0 heterocycles. The first-order valence-electron chi connectivity index (χ1n) is 8.16. The van der Waals surface area contributed by atoms with Gasteiger partial charge in [-0.15, -0.1) is 0 Å². The van der Waals surface area contributed by atoms with Gasteiger partial charge in [-0.2, -0.15) is 0 Å². The molecular formula is C16H31NO4. The third-order valence-corrected chi connectivity index (χ3v) is 3.36. The molecule has 0 bridgehead atoms. The predicted octanol–water partition coefficient (Wildman–Crippen LogP) is 3.80. The summed E-state index contributed by atoms with van der Waals surface area (Å²) in [4.78, 5) is 23.3. The van der Waals surface area contributed by atoms with Gasteiger partial charge in [-0.05, 0) is 12.8 Å². The normalized spacial score (nSPS) is 11.8. The van der Waals surface area contributed by atoms with Crippen molar-refractivity contribution < 1.29 is 19.1 Å². The molecule has 124 valence electrons. The van der Waals surface area contributed by atoms with Gasteiger partial charge in [0.25, 0.3) is 0 Å². The van der Waals surface area contributed by atoms with Crippen LogP contribution in [0.1, 0.15) is 71.6 Å². The molecule has 0 fully saturated rings. The first-order chi connectivity index (χ1) is 10.2. The fourth-order valence-electron chi connectivity index (χ4n) is 2.04. The number of unbranched alkanes of at least 4 members (excludes halogenated alkanes) is 6. The van der Waals surface area contributed by atoms with Gasteiger partial charge in [0.1, 0.15) is 6.04 Å². The molecule has 0 saturated heterocycles. The topological polar surface area (TPSA) is 64.6 Å². The summed E-state index contributed by atoms with van der Waals surface area (Å²) in [6.45, 7) is 4.64. The largest absolute Gasteiger partial charge is 0.467 e. The Morgan fingerprint density at radius 2 is 1.57 bits per heavy atom. The van der Waals surface area contributed by atoms with Gasteiger partial charge < -0.3 is 14.8 Å². The van der Waals surface area contributed by atoms with E-state index in [4.69, 9.17) is 9.47 Å². The van der Waals surface area contributed by atoms with Gasteiger partial charge in [-0.3, -0.25) is 0 Å². The van der Waals surface area contributed by atoms with Crippen LogP contribution in [0.2, 0.25) is 0 Å². The van der Waals surface area contributed by atoms with Crippen LogP contribution in [0, 0.1) is 0 Å². The summed E-state index contributed by atoms with van der Waals surface area (Å²) >= 11 is 0. The monoisotopic (exact) mass is 301 g/mol. The van der Waals surface area contributed by atoms with Crippen LogP contribution in [0.4, 0.5) is 4.79 Å². The number of esters is 1. The molecule has 0 aliphatic heterocycles. The number of hydrogen-bond acceptors (Lipinski definition) is 4. The number of carbonyl (C=O) groups excluding carboxylic acids is 2. The predicted molar refractivity (Wildman–Crippen MR) is 83.2 cm³/mol. The highest BCUT2D eigenvalue weighted by Gasteiger charge is 2.21. The molecular weight excluding hydrogens is 270 g/mol. The lowest BCUT2D eigenvalue weighted by molar-refractivity contribution is -0.143. The van der Waals surface area contributed by atoms with E-state index in [1.165, 1.54) is 20.0 Å². The van der Waals surface area contributed by atoms with E-state index in [1.54, 1.807) is 0 Å². The van der Waals surface area contributed by atoms with Crippen molar-refractivity contribution in [2.45, 2.75) is 77.7 Å². The molecule has 0 saturated carbocycles. The molecule has 0 radical (unpaired) electrons. The van der Waals surface area contributed by atoms with Crippen molar-refractivity contribution in [2.24, 2.45) is 0 Å². The Kier molecular flexibility index (Phi) is 12.9. The molecule has 1 amide bonds. The van der Waals surface area contributed by atoms with E-state index in [9.17, 15) is 9.59 Å². The van der Waals surface area contributed by atoms with Crippen LogP contribution in [0.15, 0.2) is 0 Å². The Balaban J connectivity index is 3.99. The summed E-state index contributed by atoms with van der Waals surface area (Å²) in [7, 11) is 1.33. The number of amides is 1.